The molecule has 0 spiro atoms. The first-order chi connectivity index (χ1) is 7.68. The average molecular weight is 285 g/mol. The van der Waals surface area contributed by atoms with Gasteiger partial charge in [0.1, 0.15) is 0 Å². The van der Waals surface area contributed by atoms with Crippen LogP contribution < -0.4 is 10.6 Å². The van der Waals surface area contributed by atoms with Crippen molar-refractivity contribution in [2.45, 2.75) is 13.0 Å². The molecule has 0 aliphatic carbocycles. The molecule has 1 heterocycles. The Morgan fingerprint density at radius 2 is 2.06 bits per heavy atom. The van der Waals surface area contributed by atoms with E-state index in [1.54, 1.807) is 0 Å². The Hall–Kier alpha value is -0.580. The predicted molar refractivity (Wildman–Crippen MR) is 69.8 cm³/mol. The Bertz CT molecular complexity index is 362. The van der Waals surface area contributed by atoms with E-state index in [0.717, 1.165) is 36.3 Å². The monoisotopic (exact) mass is 284 g/mol. The highest BCUT2D eigenvalue weighted by Gasteiger charge is 2.13. The summed E-state index contributed by atoms with van der Waals surface area (Å²) in [6.45, 7) is 5.54. The van der Waals surface area contributed by atoms with Crippen molar-refractivity contribution in [1.29, 1.82) is 0 Å². The molecule has 4 heteroatoms. The maximum atomic E-state index is 5.88. The van der Waals surface area contributed by atoms with Crippen LogP contribution in [-0.4, -0.2) is 26.3 Å². The third kappa shape index (κ3) is 2.56. The smallest absolute Gasteiger partial charge is 0.0642 e. The zero-order chi connectivity index (χ0) is 11.5. The van der Waals surface area contributed by atoms with Gasteiger partial charge in [-0.2, -0.15) is 0 Å². The third-order valence-electron chi connectivity index (χ3n) is 2.85. The van der Waals surface area contributed by atoms with Crippen molar-refractivity contribution >= 4 is 21.6 Å². The topological polar surface area (TPSA) is 38.5 Å². The van der Waals surface area contributed by atoms with Gasteiger partial charge in [-0.05, 0) is 24.6 Å². The molecule has 0 bridgehead atoms. The highest BCUT2D eigenvalue weighted by Crippen LogP contribution is 2.27. The molecule has 1 aromatic carbocycles. The molecule has 0 aromatic heterocycles. The summed E-state index contributed by atoms with van der Waals surface area (Å²) in [6, 6.07) is 6.44. The van der Waals surface area contributed by atoms with E-state index in [9.17, 15) is 0 Å². The summed E-state index contributed by atoms with van der Waals surface area (Å²) in [4.78, 5) is 2.33. The van der Waals surface area contributed by atoms with Crippen molar-refractivity contribution in [2.24, 2.45) is 5.73 Å². The van der Waals surface area contributed by atoms with E-state index in [0.29, 0.717) is 0 Å². The third-order valence-corrected chi connectivity index (χ3v) is 3.54. The summed E-state index contributed by atoms with van der Waals surface area (Å²) in [5, 5.41) is 0. The maximum absolute atomic E-state index is 5.88. The van der Waals surface area contributed by atoms with Crippen LogP contribution in [0.2, 0.25) is 0 Å². The number of anilines is 1. The second-order valence-corrected chi connectivity index (χ2v) is 4.95. The first-order valence-electron chi connectivity index (χ1n) is 5.56. The van der Waals surface area contributed by atoms with E-state index in [-0.39, 0.29) is 6.04 Å². The zero-order valence-electron chi connectivity index (χ0n) is 9.45. The van der Waals surface area contributed by atoms with Crippen LogP contribution in [0.1, 0.15) is 18.5 Å². The summed E-state index contributed by atoms with van der Waals surface area (Å²) >= 11 is 3.58. The molecule has 3 nitrogen and oxygen atoms in total. The lowest BCUT2D eigenvalue weighted by Gasteiger charge is -2.29. The summed E-state index contributed by atoms with van der Waals surface area (Å²) < 4.78 is 6.43. The van der Waals surface area contributed by atoms with Gasteiger partial charge in [0.25, 0.3) is 0 Å². The van der Waals surface area contributed by atoms with Gasteiger partial charge in [-0.15, -0.1) is 0 Å². The second-order valence-electron chi connectivity index (χ2n) is 4.09. The molecule has 0 amide bonds. The molecule has 88 valence electrons. The number of hydrogen-bond donors (Lipinski definition) is 1. The van der Waals surface area contributed by atoms with E-state index >= 15 is 0 Å². The highest BCUT2D eigenvalue weighted by molar-refractivity contribution is 9.10. The largest absolute Gasteiger partial charge is 0.378 e. The first-order valence-corrected chi connectivity index (χ1v) is 6.35. The number of rotatable bonds is 2. The molecule has 1 aliphatic heterocycles. The molecule has 0 saturated carbocycles. The van der Waals surface area contributed by atoms with Crippen molar-refractivity contribution in [3.8, 4) is 0 Å². The van der Waals surface area contributed by atoms with E-state index in [1.165, 1.54) is 5.69 Å². The fourth-order valence-electron chi connectivity index (χ4n) is 1.90. The molecule has 1 saturated heterocycles. The molecule has 1 fully saturated rings. The quantitative estimate of drug-likeness (QED) is 0.906. The SMILES string of the molecule is CC(N)c1ccc(N2CCOCC2)cc1Br. The van der Waals surface area contributed by atoms with Crippen LogP contribution in [0.3, 0.4) is 0 Å². The fourth-order valence-corrected chi connectivity index (χ4v) is 2.63. The number of nitrogens with two attached hydrogens (primary N) is 1. The molecule has 2 rings (SSSR count). The van der Waals surface area contributed by atoms with Crippen LogP contribution in [-0.2, 0) is 4.74 Å². The van der Waals surface area contributed by atoms with Crippen molar-refractivity contribution in [3.63, 3.8) is 0 Å². The first kappa shape index (κ1) is 11.9. The predicted octanol–water partition coefficient (Wildman–Crippen LogP) is 2.31. The van der Waals surface area contributed by atoms with Crippen LogP contribution in [0.15, 0.2) is 22.7 Å². The van der Waals surface area contributed by atoms with Gasteiger partial charge in [0.05, 0.1) is 13.2 Å². The van der Waals surface area contributed by atoms with E-state index in [4.69, 9.17) is 10.5 Å². The van der Waals surface area contributed by atoms with Gasteiger partial charge >= 0.3 is 0 Å². The lowest BCUT2D eigenvalue weighted by molar-refractivity contribution is 0.122. The highest BCUT2D eigenvalue weighted by atomic mass is 79.9. The molecule has 1 aliphatic rings. The fraction of sp³-hybridized carbons (Fsp3) is 0.500. The Morgan fingerprint density at radius 1 is 1.38 bits per heavy atom. The zero-order valence-corrected chi connectivity index (χ0v) is 11.0. The number of nitrogens with zero attached hydrogens (tertiary/aromatic N) is 1. The summed E-state index contributed by atoms with van der Waals surface area (Å²) in [5.41, 5.74) is 8.27. The minimum atomic E-state index is 0.0631. The summed E-state index contributed by atoms with van der Waals surface area (Å²) in [5.74, 6) is 0. The van der Waals surface area contributed by atoms with E-state index < -0.39 is 0 Å². The van der Waals surface area contributed by atoms with Gasteiger partial charge in [-0.3, -0.25) is 0 Å². The number of morpholine rings is 1. The van der Waals surface area contributed by atoms with Crippen LogP contribution in [0.4, 0.5) is 5.69 Å². The van der Waals surface area contributed by atoms with Crippen LogP contribution in [0.25, 0.3) is 0 Å². The van der Waals surface area contributed by atoms with Gasteiger partial charge in [0, 0.05) is 29.3 Å². The number of benzene rings is 1. The normalized spacial score (nSPS) is 18.6. The number of hydrogen-bond acceptors (Lipinski definition) is 3. The van der Waals surface area contributed by atoms with Gasteiger partial charge in [-0.1, -0.05) is 22.0 Å². The van der Waals surface area contributed by atoms with Crippen LogP contribution >= 0.6 is 15.9 Å². The Morgan fingerprint density at radius 3 is 2.62 bits per heavy atom. The lowest BCUT2D eigenvalue weighted by atomic mass is 10.1. The van der Waals surface area contributed by atoms with Gasteiger partial charge in [-0.25, -0.2) is 0 Å². The maximum Gasteiger partial charge on any atom is 0.0642 e. The van der Waals surface area contributed by atoms with E-state index in [2.05, 4.69) is 39.0 Å². The molecular formula is C12H17BrN2O. The molecule has 1 atom stereocenters. The van der Waals surface area contributed by atoms with Crippen molar-refractivity contribution in [1.82, 2.24) is 0 Å². The molecule has 1 unspecified atom stereocenters. The van der Waals surface area contributed by atoms with Crippen molar-refractivity contribution in [2.75, 3.05) is 31.2 Å². The molecule has 16 heavy (non-hydrogen) atoms. The standard InChI is InChI=1S/C12H17BrN2O/c1-9(14)11-3-2-10(8-12(11)13)15-4-6-16-7-5-15/h2-3,8-9H,4-7,14H2,1H3. The van der Waals surface area contributed by atoms with Crippen LogP contribution in [0.5, 0.6) is 0 Å². The van der Waals surface area contributed by atoms with Gasteiger partial charge in [0.2, 0.25) is 0 Å². The molecule has 2 N–H and O–H groups in total. The lowest BCUT2D eigenvalue weighted by Crippen LogP contribution is -2.36. The van der Waals surface area contributed by atoms with Gasteiger partial charge in [0.15, 0.2) is 0 Å². The minimum Gasteiger partial charge on any atom is -0.378 e. The van der Waals surface area contributed by atoms with Crippen molar-refractivity contribution < 1.29 is 4.74 Å². The molecule has 0 radical (unpaired) electrons. The van der Waals surface area contributed by atoms with Gasteiger partial charge < -0.3 is 15.4 Å². The number of ether oxygens (including phenoxy) is 1. The average Bonchev–Trinajstić information content (AvgIpc) is 2.29. The second kappa shape index (κ2) is 5.17. The summed E-state index contributed by atoms with van der Waals surface area (Å²) in [6.07, 6.45) is 0. The Kier molecular flexibility index (Phi) is 3.84. The molecular weight excluding hydrogens is 268 g/mol. The number of halogens is 1. The van der Waals surface area contributed by atoms with E-state index in [1.807, 2.05) is 6.92 Å². The van der Waals surface area contributed by atoms with Crippen LogP contribution in [0, 0.1) is 0 Å². The molecule has 1 aromatic rings. The summed E-state index contributed by atoms with van der Waals surface area (Å²) in [7, 11) is 0. The Balaban J connectivity index is 2.19. The van der Waals surface area contributed by atoms with Crippen molar-refractivity contribution in [3.05, 3.63) is 28.2 Å². The Labute approximate surface area is 105 Å². The minimum absolute atomic E-state index is 0.0631.